The lowest BCUT2D eigenvalue weighted by Gasteiger charge is -2.34. The average Bonchev–Trinajstić information content (AvgIpc) is 2.92. The molecule has 2 aliphatic heterocycles. The molecule has 2 heterocycles. The highest BCUT2D eigenvalue weighted by atomic mass is 32.2. The summed E-state index contributed by atoms with van der Waals surface area (Å²) in [5.74, 6) is -0.548. The molecule has 138 valence electrons. The van der Waals surface area contributed by atoms with E-state index in [9.17, 15) is 19.7 Å². The van der Waals surface area contributed by atoms with E-state index in [1.54, 1.807) is 28.8 Å². The van der Waals surface area contributed by atoms with Crippen molar-refractivity contribution in [1.82, 2.24) is 4.90 Å². The number of hydrogen-bond acceptors (Lipinski definition) is 6. The highest BCUT2D eigenvalue weighted by molar-refractivity contribution is 8.04. The van der Waals surface area contributed by atoms with Gasteiger partial charge in [-0.25, -0.2) is 4.79 Å². The van der Waals surface area contributed by atoms with E-state index in [2.05, 4.69) is 6.92 Å². The Bertz CT molecular complexity index is 759. The SMILES string of the molecule is CCCCCC1=C(C(=O)OCc2ccc([N+](=O)[O-])cc2)N2C(=O)C[C@H]2S1. The third kappa shape index (κ3) is 3.75. The Kier molecular flexibility index (Phi) is 5.61. The van der Waals surface area contributed by atoms with Crippen molar-refractivity contribution < 1.29 is 19.2 Å². The van der Waals surface area contributed by atoms with Crippen LogP contribution in [0.2, 0.25) is 0 Å². The van der Waals surface area contributed by atoms with Crippen molar-refractivity contribution in [3.05, 3.63) is 50.5 Å². The maximum absolute atomic E-state index is 12.6. The van der Waals surface area contributed by atoms with Crippen LogP contribution in [-0.4, -0.2) is 27.1 Å². The Morgan fingerprint density at radius 1 is 1.35 bits per heavy atom. The van der Waals surface area contributed by atoms with Crippen LogP contribution in [-0.2, 0) is 20.9 Å². The average molecular weight is 376 g/mol. The van der Waals surface area contributed by atoms with Gasteiger partial charge < -0.3 is 4.74 Å². The Balaban J connectivity index is 1.66. The van der Waals surface area contributed by atoms with Crippen LogP contribution in [0, 0.1) is 10.1 Å². The van der Waals surface area contributed by atoms with Gasteiger partial charge in [0.15, 0.2) is 0 Å². The van der Waals surface area contributed by atoms with E-state index in [4.69, 9.17) is 4.74 Å². The number of carbonyl (C=O) groups excluding carboxylic acids is 2. The lowest BCUT2D eigenvalue weighted by atomic mass is 10.1. The van der Waals surface area contributed by atoms with Crippen LogP contribution in [0.25, 0.3) is 0 Å². The fraction of sp³-hybridized carbons (Fsp3) is 0.444. The van der Waals surface area contributed by atoms with Gasteiger partial charge in [-0.3, -0.25) is 19.8 Å². The van der Waals surface area contributed by atoms with Gasteiger partial charge in [-0.05, 0) is 30.5 Å². The van der Waals surface area contributed by atoms with E-state index < -0.39 is 10.9 Å². The predicted molar refractivity (Wildman–Crippen MR) is 96.9 cm³/mol. The van der Waals surface area contributed by atoms with Gasteiger partial charge in [0.2, 0.25) is 5.91 Å². The van der Waals surface area contributed by atoms with Crippen LogP contribution in [0.5, 0.6) is 0 Å². The Morgan fingerprint density at radius 3 is 2.69 bits per heavy atom. The van der Waals surface area contributed by atoms with E-state index >= 15 is 0 Å². The van der Waals surface area contributed by atoms with Crippen LogP contribution in [0.4, 0.5) is 5.69 Å². The highest BCUT2D eigenvalue weighted by Gasteiger charge is 2.48. The van der Waals surface area contributed by atoms with Crippen molar-refractivity contribution in [3.8, 4) is 0 Å². The molecular weight excluding hydrogens is 356 g/mol. The molecule has 2 aliphatic rings. The number of hydrogen-bond donors (Lipinski definition) is 0. The van der Waals surface area contributed by atoms with Gasteiger partial charge in [0.05, 0.1) is 16.7 Å². The van der Waals surface area contributed by atoms with Crippen molar-refractivity contribution in [2.45, 2.75) is 51.0 Å². The summed E-state index contributed by atoms with van der Waals surface area (Å²) >= 11 is 1.59. The molecule has 1 aromatic rings. The number of carbonyl (C=O) groups is 2. The minimum Gasteiger partial charge on any atom is -0.456 e. The predicted octanol–water partition coefficient (Wildman–Crippen LogP) is 3.74. The lowest BCUT2D eigenvalue weighted by Crippen LogP contribution is -2.48. The van der Waals surface area contributed by atoms with E-state index in [0.29, 0.717) is 17.7 Å². The molecule has 0 N–H and O–H groups in total. The maximum Gasteiger partial charge on any atom is 0.356 e. The fourth-order valence-corrected chi connectivity index (χ4v) is 4.40. The van der Waals surface area contributed by atoms with E-state index in [1.165, 1.54) is 12.1 Å². The second kappa shape index (κ2) is 7.90. The fourth-order valence-electron chi connectivity index (χ4n) is 2.96. The summed E-state index contributed by atoms with van der Waals surface area (Å²) in [6.45, 7) is 2.13. The van der Waals surface area contributed by atoms with E-state index in [0.717, 1.165) is 30.6 Å². The summed E-state index contributed by atoms with van der Waals surface area (Å²) in [5.41, 5.74) is 1.03. The number of amides is 1. The molecule has 0 unspecified atom stereocenters. The Labute approximate surface area is 155 Å². The molecule has 1 atom stereocenters. The van der Waals surface area contributed by atoms with Crippen molar-refractivity contribution >= 4 is 29.3 Å². The number of ether oxygens (including phenoxy) is 1. The van der Waals surface area contributed by atoms with Gasteiger partial charge in [-0.1, -0.05) is 19.8 Å². The second-order valence-electron chi connectivity index (χ2n) is 6.27. The summed E-state index contributed by atoms with van der Waals surface area (Å²) in [4.78, 5) is 37.1. The van der Waals surface area contributed by atoms with Crippen LogP contribution >= 0.6 is 11.8 Å². The molecule has 0 spiro atoms. The number of allylic oxidation sites excluding steroid dienone is 1. The molecule has 0 bridgehead atoms. The number of thioether (sulfide) groups is 1. The third-order valence-electron chi connectivity index (χ3n) is 4.41. The first-order chi connectivity index (χ1) is 12.5. The molecule has 0 saturated carbocycles. The number of esters is 1. The van der Waals surface area contributed by atoms with Crippen LogP contribution in [0.1, 0.15) is 44.6 Å². The topological polar surface area (TPSA) is 89.8 Å². The number of nitrogens with zero attached hydrogens (tertiary/aromatic N) is 2. The summed E-state index contributed by atoms with van der Waals surface area (Å²) in [6.07, 6.45) is 4.38. The minimum absolute atomic E-state index is 0.0118. The van der Waals surface area contributed by atoms with Gasteiger partial charge in [0.25, 0.3) is 5.69 Å². The molecule has 26 heavy (non-hydrogen) atoms. The van der Waals surface area contributed by atoms with Crippen molar-refractivity contribution in [2.24, 2.45) is 0 Å². The van der Waals surface area contributed by atoms with Gasteiger partial charge >= 0.3 is 5.97 Å². The lowest BCUT2D eigenvalue weighted by molar-refractivity contribution is -0.384. The maximum atomic E-state index is 12.6. The molecular formula is C18H20N2O5S. The molecule has 1 amide bonds. The Morgan fingerprint density at radius 2 is 2.08 bits per heavy atom. The smallest absolute Gasteiger partial charge is 0.356 e. The summed E-state index contributed by atoms with van der Waals surface area (Å²) < 4.78 is 5.38. The highest BCUT2D eigenvalue weighted by Crippen LogP contribution is 2.48. The zero-order valence-corrected chi connectivity index (χ0v) is 15.3. The second-order valence-corrected chi connectivity index (χ2v) is 7.54. The number of benzene rings is 1. The molecule has 1 aromatic carbocycles. The molecule has 1 fully saturated rings. The molecule has 0 radical (unpaired) electrons. The molecule has 8 heteroatoms. The van der Waals surface area contributed by atoms with E-state index in [1.807, 2.05) is 0 Å². The zero-order chi connectivity index (χ0) is 18.7. The Hall–Kier alpha value is -2.35. The van der Waals surface area contributed by atoms with Gasteiger partial charge in [0, 0.05) is 17.0 Å². The standard InChI is InChI=1S/C18H20N2O5S/c1-2-3-4-5-14-17(19-15(21)10-16(19)26-14)18(22)25-11-12-6-8-13(9-7-12)20(23)24/h6-9,16H,2-5,10-11H2,1H3/t16-/m1/s1. The van der Waals surface area contributed by atoms with Crippen LogP contribution in [0.3, 0.4) is 0 Å². The monoisotopic (exact) mass is 376 g/mol. The minimum atomic E-state index is -0.502. The molecule has 7 nitrogen and oxygen atoms in total. The summed E-state index contributed by atoms with van der Waals surface area (Å²) in [5, 5.41) is 10.7. The number of β-lactam (4-membered cyclic amide) rings is 1. The first kappa shape index (κ1) is 18.4. The molecule has 3 rings (SSSR count). The number of unbranched alkanes of at least 4 members (excludes halogenated alkanes) is 2. The number of fused-ring (bicyclic) bond motifs is 1. The number of rotatable bonds is 8. The zero-order valence-electron chi connectivity index (χ0n) is 14.5. The third-order valence-corrected chi connectivity index (χ3v) is 5.74. The summed E-state index contributed by atoms with van der Waals surface area (Å²) in [7, 11) is 0. The molecule has 1 saturated heterocycles. The quantitative estimate of drug-likeness (QED) is 0.226. The summed E-state index contributed by atoms with van der Waals surface area (Å²) in [6, 6.07) is 5.87. The molecule has 0 aromatic heterocycles. The van der Waals surface area contributed by atoms with Gasteiger partial charge in [-0.2, -0.15) is 0 Å². The number of non-ortho nitro benzene ring substituents is 1. The van der Waals surface area contributed by atoms with Crippen LogP contribution < -0.4 is 0 Å². The van der Waals surface area contributed by atoms with Crippen molar-refractivity contribution in [3.63, 3.8) is 0 Å². The van der Waals surface area contributed by atoms with Gasteiger partial charge in [-0.15, -0.1) is 11.8 Å². The van der Waals surface area contributed by atoms with E-state index in [-0.39, 0.29) is 23.6 Å². The number of nitro benzene ring substituents is 1. The molecule has 0 aliphatic carbocycles. The number of nitro groups is 1. The van der Waals surface area contributed by atoms with Crippen molar-refractivity contribution in [2.75, 3.05) is 0 Å². The first-order valence-electron chi connectivity index (χ1n) is 8.63. The largest absolute Gasteiger partial charge is 0.456 e. The normalized spacial score (nSPS) is 18.6. The first-order valence-corrected chi connectivity index (χ1v) is 9.51. The van der Waals surface area contributed by atoms with Gasteiger partial charge in [0.1, 0.15) is 12.3 Å². The van der Waals surface area contributed by atoms with Crippen LogP contribution in [0.15, 0.2) is 34.9 Å². The van der Waals surface area contributed by atoms with Crippen molar-refractivity contribution in [1.29, 1.82) is 0 Å².